The van der Waals surface area contributed by atoms with Gasteiger partial charge in [-0.2, -0.15) is 0 Å². The van der Waals surface area contributed by atoms with Gasteiger partial charge in [-0.25, -0.2) is 0 Å². The molecule has 8 heteroatoms. The van der Waals surface area contributed by atoms with Crippen molar-refractivity contribution in [2.45, 2.75) is 45.6 Å². The zero-order chi connectivity index (χ0) is 23.2. The van der Waals surface area contributed by atoms with Gasteiger partial charge in [-0.05, 0) is 56.3 Å². The Morgan fingerprint density at radius 1 is 1.15 bits per heavy atom. The third kappa shape index (κ3) is 5.82. The van der Waals surface area contributed by atoms with Gasteiger partial charge >= 0.3 is 0 Å². The number of aryl methyl sites for hydroxylation is 1. The van der Waals surface area contributed by atoms with E-state index in [1.807, 2.05) is 13.0 Å². The predicted octanol–water partition coefficient (Wildman–Crippen LogP) is 3.21. The number of carbonyl (C=O) groups is 1. The van der Waals surface area contributed by atoms with Gasteiger partial charge in [-0.3, -0.25) is 4.79 Å². The van der Waals surface area contributed by atoms with E-state index < -0.39 is 0 Å². The van der Waals surface area contributed by atoms with Crippen LogP contribution in [-0.2, 0) is 19.4 Å². The van der Waals surface area contributed by atoms with Crippen LogP contribution in [0.4, 0.5) is 0 Å². The van der Waals surface area contributed by atoms with Crippen LogP contribution in [0.3, 0.4) is 0 Å². The number of rotatable bonds is 9. The predicted molar refractivity (Wildman–Crippen MR) is 126 cm³/mol. The van der Waals surface area contributed by atoms with Crippen LogP contribution in [0.15, 0.2) is 40.8 Å². The van der Waals surface area contributed by atoms with Crippen LogP contribution >= 0.6 is 0 Å². The molecule has 0 fully saturated rings. The number of methoxy groups -OCH3 is 1. The molecule has 1 aliphatic heterocycles. The second kappa shape index (κ2) is 10.7. The highest BCUT2D eigenvalue weighted by molar-refractivity contribution is 5.94. The Morgan fingerprint density at radius 3 is 2.70 bits per heavy atom. The average molecular weight is 452 g/mol. The van der Waals surface area contributed by atoms with Gasteiger partial charge in [0, 0.05) is 50.5 Å². The van der Waals surface area contributed by atoms with Crippen LogP contribution in [0, 0.1) is 6.92 Å². The van der Waals surface area contributed by atoms with E-state index in [0.717, 1.165) is 67.9 Å². The molecule has 8 nitrogen and oxygen atoms in total. The van der Waals surface area contributed by atoms with Crippen molar-refractivity contribution >= 4 is 5.91 Å². The van der Waals surface area contributed by atoms with Crippen molar-refractivity contribution in [1.29, 1.82) is 0 Å². The first-order chi connectivity index (χ1) is 16.0. The number of carbonyl (C=O) groups excluding carboxylic acids is 1. The fourth-order valence-electron chi connectivity index (χ4n) is 4.20. The monoisotopic (exact) mass is 451 g/mol. The molecular formula is C25H33N5O3. The number of nitrogens with zero attached hydrogens (tertiary/aromatic N) is 4. The standard InChI is InChI=1S/C25H33N5O3/c1-18(22-9-4-19(2)33-22)11-14-29-15-12-24-28-27-23(30(24)17-16-29)10-13-26-25(31)20-5-7-21(32-3)8-6-20/h4-9,18H,10-17H2,1-3H3,(H,26,31)/t18-/m1/s1. The van der Waals surface area contributed by atoms with Crippen molar-refractivity contribution in [1.82, 2.24) is 25.0 Å². The van der Waals surface area contributed by atoms with Crippen molar-refractivity contribution in [3.05, 3.63) is 65.1 Å². The van der Waals surface area contributed by atoms with Crippen molar-refractivity contribution in [2.24, 2.45) is 0 Å². The highest BCUT2D eigenvalue weighted by Crippen LogP contribution is 2.22. The van der Waals surface area contributed by atoms with Gasteiger partial charge in [0.25, 0.3) is 5.91 Å². The molecule has 0 bridgehead atoms. The normalized spacial score (nSPS) is 15.0. The van der Waals surface area contributed by atoms with E-state index in [4.69, 9.17) is 9.15 Å². The molecule has 1 atom stereocenters. The molecule has 2 aromatic heterocycles. The summed E-state index contributed by atoms with van der Waals surface area (Å²) < 4.78 is 13.1. The molecule has 0 saturated heterocycles. The highest BCUT2D eigenvalue weighted by Gasteiger charge is 2.20. The summed E-state index contributed by atoms with van der Waals surface area (Å²) >= 11 is 0. The zero-order valence-electron chi connectivity index (χ0n) is 19.7. The molecule has 1 N–H and O–H groups in total. The summed E-state index contributed by atoms with van der Waals surface area (Å²) in [5.41, 5.74) is 0.616. The maximum atomic E-state index is 12.4. The number of hydrogen-bond donors (Lipinski definition) is 1. The molecule has 0 unspecified atom stereocenters. The molecule has 33 heavy (non-hydrogen) atoms. The molecule has 1 aromatic carbocycles. The van der Waals surface area contributed by atoms with Crippen LogP contribution in [0.1, 0.15) is 52.8 Å². The summed E-state index contributed by atoms with van der Waals surface area (Å²) in [6.45, 7) is 8.60. The molecule has 0 saturated carbocycles. The van der Waals surface area contributed by atoms with Crippen molar-refractivity contribution in [2.75, 3.05) is 33.3 Å². The van der Waals surface area contributed by atoms with Gasteiger partial charge in [0.2, 0.25) is 0 Å². The van der Waals surface area contributed by atoms with E-state index in [9.17, 15) is 4.79 Å². The maximum Gasteiger partial charge on any atom is 0.251 e. The summed E-state index contributed by atoms with van der Waals surface area (Å²) in [6, 6.07) is 11.2. The number of benzene rings is 1. The van der Waals surface area contributed by atoms with E-state index in [2.05, 4.69) is 38.0 Å². The fourth-order valence-corrected chi connectivity index (χ4v) is 4.20. The second-order valence-electron chi connectivity index (χ2n) is 8.65. The minimum Gasteiger partial charge on any atom is -0.497 e. The number of hydrogen-bond acceptors (Lipinski definition) is 6. The quantitative estimate of drug-likeness (QED) is 0.538. The molecule has 0 aliphatic carbocycles. The molecule has 176 valence electrons. The van der Waals surface area contributed by atoms with Crippen LogP contribution in [-0.4, -0.2) is 58.9 Å². The third-order valence-corrected chi connectivity index (χ3v) is 6.31. The van der Waals surface area contributed by atoms with Gasteiger partial charge < -0.3 is 23.9 Å². The van der Waals surface area contributed by atoms with Crippen molar-refractivity contribution in [3.63, 3.8) is 0 Å². The number of amides is 1. The first-order valence-electron chi connectivity index (χ1n) is 11.7. The van der Waals surface area contributed by atoms with Crippen LogP contribution in [0.25, 0.3) is 0 Å². The number of aromatic nitrogens is 3. The second-order valence-corrected chi connectivity index (χ2v) is 8.65. The minimum atomic E-state index is -0.0969. The van der Waals surface area contributed by atoms with Gasteiger partial charge in [0.05, 0.1) is 7.11 Å². The Balaban J connectivity index is 1.25. The van der Waals surface area contributed by atoms with Gasteiger partial charge in [0.1, 0.15) is 28.9 Å². The maximum absolute atomic E-state index is 12.4. The Labute approximate surface area is 194 Å². The van der Waals surface area contributed by atoms with Crippen LogP contribution < -0.4 is 10.1 Å². The first kappa shape index (κ1) is 23.0. The topological polar surface area (TPSA) is 85.4 Å². The summed E-state index contributed by atoms with van der Waals surface area (Å²) in [7, 11) is 1.61. The van der Waals surface area contributed by atoms with E-state index in [1.165, 1.54) is 0 Å². The number of furan rings is 1. The molecule has 1 amide bonds. The van der Waals surface area contributed by atoms with Crippen molar-refractivity contribution in [3.8, 4) is 5.75 Å². The molecule has 0 spiro atoms. The lowest BCUT2D eigenvalue weighted by molar-refractivity contribution is 0.0954. The van der Waals surface area contributed by atoms with E-state index >= 15 is 0 Å². The largest absolute Gasteiger partial charge is 0.497 e. The van der Waals surface area contributed by atoms with E-state index in [1.54, 1.807) is 31.4 Å². The third-order valence-electron chi connectivity index (χ3n) is 6.31. The first-order valence-corrected chi connectivity index (χ1v) is 11.7. The van der Waals surface area contributed by atoms with Gasteiger partial charge in [0.15, 0.2) is 0 Å². The number of fused-ring (bicyclic) bond motifs is 1. The van der Waals surface area contributed by atoms with E-state index in [0.29, 0.717) is 24.4 Å². The van der Waals surface area contributed by atoms with Gasteiger partial charge in [-0.1, -0.05) is 6.92 Å². The SMILES string of the molecule is COc1ccc(C(=O)NCCc2nnc3n2CCN(CC[C@@H](C)c2ccc(C)o2)CC3)cc1. The van der Waals surface area contributed by atoms with Crippen LogP contribution in [0.5, 0.6) is 5.75 Å². The minimum absolute atomic E-state index is 0.0969. The molecule has 4 rings (SSSR count). The molecule has 3 heterocycles. The lowest BCUT2D eigenvalue weighted by Crippen LogP contribution is -2.29. The molecular weight excluding hydrogens is 418 g/mol. The summed E-state index contributed by atoms with van der Waals surface area (Å²) in [5.74, 6) is 5.05. The lowest BCUT2D eigenvalue weighted by atomic mass is 10.0. The molecule has 3 aromatic rings. The Morgan fingerprint density at radius 2 is 1.97 bits per heavy atom. The van der Waals surface area contributed by atoms with Gasteiger partial charge in [-0.15, -0.1) is 10.2 Å². The van der Waals surface area contributed by atoms with E-state index in [-0.39, 0.29) is 5.91 Å². The van der Waals surface area contributed by atoms with Crippen LogP contribution in [0.2, 0.25) is 0 Å². The number of nitrogens with one attached hydrogen (secondary N) is 1. The lowest BCUT2D eigenvalue weighted by Gasteiger charge is -2.21. The summed E-state index contributed by atoms with van der Waals surface area (Å²) in [6.07, 6.45) is 2.61. The number of ether oxygens (including phenoxy) is 1. The smallest absolute Gasteiger partial charge is 0.251 e. The summed E-state index contributed by atoms with van der Waals surface area (Å²) in [4.78, 5) is 14.9. The zero-order valence-corrected chi connectivity index (χ0v) is 19.7. The fraction of sp³-hybridized carbons (Fsp3) is 0.480. The van der Waals surface area contributed by atoms with Crippen molar-refractivity contribution < 1.29 is 13.9 Å². The summed E-state index contributed by atoms with van der Waals surface area (Å²) in [5, 5.41) is 11.8. The molecule has 1 aliphatic rings. The Kier molecular flexibility index (Phi) is 7.44. The Hall–Kier alpha value is -3.13. The molecule has 0 radical (unpaired) electrons. The highest BCUT2D eigenvalue weighted by atomic mass is 16.5. The average Bonchev–Trinajstić information content (AvgIpc) is 3.38. The Bertz CT molecular complexity index is 1060.